The van der Waals surface area contributed by atoms with E-state index < -0.39 is 0 Å². The predicted molar refractivity (Wildman–Crippen MR) is 67.7 cm³/mol. The summed E-state index contributed by atoms with van der Waals surface area (Å²) in [7, 11) is 0. The molecule has 4 nitrogen and oxygen atoms in total. The third-order valence-electron chi connectivity index (χ3n) is 3.47. The summed E-state index contributed by atoms with van der Waals surface area (Å²) >= 11 is 0. The SMILES string of the molecule is CCn1nc(C)cc1COC1CCC(N)CC1. The molecule has 0 radical (unpaired) electrons. The monoisotopic (exact) mass is 237 g/mol. The summed E-state index contributed by atoms with van der Waals surface area (Å²) in [5.41, 5.74) is 8.13. The molecule has 1 heterocycles. The molecule has 1 aromatic heterocycles. The van der Waals surface area contributed by atoms with Crippen LogP contribution in [-0.4, -0.2) is 21.9 Å². The lowest BCUT2D eigenvalue weighted by Gasteiger charge is -2.26. The van der Waals surface area contributed by atoms with Gasteiger partial charge in [-0.05, 0) is 45.6 Å². The average molecular weight is 237 g/mol. The van der Waals surface area contributed by atoms with Crippen LogP contribution in [0.2, 0.25) is 0 Å². The van der Waals surface area contributed by atoms with Crippen molar-refractivity contribution >= 4 is 0 Å². The van der Waals surface area contributed by atoms with Crippen LogP contribution in [0.1, 0.15) is 44.0 Å². The van der Waals surface area contributed by atoms with Gasteiger partial charge in [-0.2, -0.15) is 5.10 Å². The quantitative estimate of drug-likeness (QED) is 0.871. The van der Waals surface area contributed by atoms with Crippen molar-refractivity contribution < 1.29 is 4.74 Å². The predicted octanol–water partition coefficient (Wildman–Crippen LogP) is 2.00. The van der Waals surface area contributed by atoms with Crippen molar-refractivity contribution in [3.8, 4) is 0 Å². The number of nitrogens with zero attached hydrogens (tertiary/aromatic N) is 2. The van der Waals surface area contributed by atoms with Crippen molar-refractivity contribution in [1.29, 1.82) is 0 Å². The molecule has 4 heteroatoms. The highest BCUT2D eigenvalue weighted by Crippen LogP contribution is 2.21. The first-order valence-corrected chi connectivity index (χ1v) is 6.59. The fourth-order valence-electron chi connectivity index (χ4n) is 2.45. The van der Waals surface area contributed by atoms with Gasteiger partial charge in [0.2, 0.25) is 0 Å². The molecule has 2 N–H and O–H groups in total. The number of ether oxygens (including phenoxy) is 1. The van der Waals surface area contributed by atoms with E-state index in [-0.39, 0.29) is 0 Å². The second-order valence-electron chi connectivity index (χ2n) is 4.94. The minimum absolute atomic E-state index is 0.385. The Morgan fingerprint density at radius 1 is 1.41 bits per heavy atom. The largest absolute Gasteiger partial charge is 0.372 e. The van der Waals surface area contributed by atoms with Crippen molar-refractivity contribution in [1.82, 2.24) is 9.78 Å². The van der Waals surface area contributed by atoms with Crippen molar-refractivity contribution in [2.75, 3.05) is 0 Å². The van der Waals surface area contributed by atoms with Gasteiger partial charge in [-0.3, -0.25) is 4.68 Å². The first-order chi connectivity index (χ1) is 8.19. The Kier molecular flexibility index (Phi) is 4.18. The van der Waals surface area contributed by atoms with Gasteiger partial charge in [-0.25, -0.2) is 0 Å². The zero-order valence-corrected chi connectivity index (χ0v) is 10.9. The van der Waals surface area contributed by atoms with E-state index in [1.807, 2.05) is 11.6 Å². The van der Waals surface area contributed by atoms with Gasteiger partial charge in [-0.1, -0.05) is 0 Å². The number of rotatable bonds is 4. The normalized spacial score (nSPS) is 25.1. The van der Waals surface area contributed by atoms with Crippen LogP contribution in [0, 0.1) is 6.92 Å². The van der Waals surface area contributed by atoms with E-state index in [0.717, 1.165) is 37.9 Å². The first kappa shape index (κ1) is 12.6. The third-order valence-corrected chi connectivity index (χ3v) is 3.47. The van der Waals surface area contributed by atoms with Gasteiger partial charge in [-0.15, -0.1) is 0 Å². The molecule has 2 rings (SSSR count). The van der Waals surface area contributed by atoms with Crippen molar-refractivity contribution in [3.63, 3.8) is 0 Å². The van der Waals surface area contributed by atoms with Gasteiger partial charge in [0, 0.05) is 12.6 Å². The second-order valence-corrected chi connectivity index (χ2v) is 4.94. The fraction of sp³-hybridized carbons (Fsp3) is 0.769. The van der Waals surface area contributed by atoms with E-state index in [2.05, 4.69) is 18.1 Å². The third kappa shape index (κ3) is 3.30. The average Bonchev–Trinajstić information content (AvgIpc) is 2.69. The maximum absolute atomic E-state index is 5.96. The van der Waals surface area contributed by atoms with Crippen LogP contribution < -0.4 is 5.73 Å². The van der Waals surface area contributed by atoms with Crippen LogP contribution in [0.4, 0.5) is 0 Å². The van der Waals surface area contributed by atoms with E-state index in [9.17, 15) is 0 Å². The molecule has 1 aliphatic rings. The van der Waals surface area contributed by atoms with Crippen LogP contribution in [0.15, 0.2) is 6.07 Å². The van der Waals surface area contributed by atoms with Crippen LogP contribution in [-0.2, 0) is 17.9 Å². The Labute approximate surface area is 103 Å². The van der Waals surface area contributed by atoms with E-state index in [1.54, 1.807) is 0 Å². The Balaban J connectivity index is 1.85. The lowest BCUT2D eigenvalue weighted by Crippen LogP contribution is -2.30. The van der Waals surface area contributed by atoms with Crippen LogP contribution in [0.25, 0.3) is 0 Å². The summed E-state index contributed by atoms with van der Waals surface area (Å²) in [6.07, 6.45) is 4.77. The van der Waals surface area contributed by atoms with E-state index in [4.69, 9.17) is 10.5 Å². The second kappa shape index (κ2) is 5.65. The molecule has 1 fully saturated rings. The standard InChI is InChI=1S/C13H23N3O/c1-3-16-12(8-10(2)15-16)9-17-13-6-4-11(14)5-7-13/h8,11,13H,3-7,9,14H2,1-2H3. The molecular formula is C13H23N3O. The molecule has 0 bridgehead atoms. The summed E-state index contributed by atoms with van der Waals surface area (Å²) < 4.78 is 7.97. The van der Waals surface area contributed by atoms with E-state index in [1.165, 1.54) is 5.69 Å². The lowest BCUT2D eigenvalue weighted by atomic mass is 9.94. The molecule has 0 aliphatic heterocycles. The topological polar surface area (TPSA) is 53.1 Å². The Hall–Kier alpha value is -0.870. The Morgan fingerprint density at radius 3 is 2.76 bits per heavy atom. The molecule has 0 aromatic carbocycles. The molecule has 0 amide bonds. The van der Waals surface area contributed by atoms with Crippen molar-refractivity contribution in [2.45, 2.75) is 64.8 Å². The number of aryl methyl sites for hydroxylation is 2. The molecule has 0 saturated heterocycles. The molecule has 1 aromatic rings. The molecule has 0 unspecified atom stereocenters. The number of aromatic nitrogens is 2. The minimum Gasteiger partial charge on any atom is -0.372 e. The van der Waals surface area contributed by atoms with Gasteiger partial charge in [0.05, 0.1) is 24.1 Å². The molecule has 1 saturated carbocycles. The fourth-order valence-corrected chi connectivity index (χ4v) is 2.45. The Morgan fingerprint density at radius 2 is 2.12 bits per heavy atom. The van der Waals surface area contributed by atoms with Gasteiger partial charge < -0.3 is 10.5 Å². The maximum atomic E-state index is 5.96. The van der Waals surface area contributed by atoms with Gasteiger partial charge in [0.15, 0.2) is 0 Å². The van der Waals surface area contributed by atoms with Crippen molar-refractivity contribution in [2.24, 2.45) is 5.73 Å². The highest BCUT2D eigenvalue weighted by Gasteiger charge is 2.19. The highest BCUT2D eigenvalue weighted by atomic mass is 16.5. The number of hydrogen-bond donors (Lipinski definition) is 1. The summed E-state index contributed by atoms with van der Waals surface area (Å²) in [6, 6.07) is 2.50. The zero-order valence-electron chi connectivity index (χ0n) is 10.9. The zero-order chi connectivity index (χ0) is 12.3. The van der Waals surface area contributed by atoms with Crippen LogP contribution in [0.5, 0.6) is 0 Å². The summed E-state index contributed by atoms with van der Waals surface area (Å²) in [6.45, 7) is 5.71. The highest BCUT2D eigenvalue weighted by molar-refractivity contribution is 5.07. The molecule has 1 aliphatic carbocycles. The van der Waals surface area contributed by atoms with E-state index in [0.29, 0.717) is 18.8 Å². The van der Waals surface area contributed by atoms with E-state index >= 15 is 0 Å². The van der Waals surface area contributed by atoms with Crippen LogP contribution in [0.3, 0.4) is 0 Å². The molecule has 0 atom stereocenters. The van der Waals surface area contributed by atoms with Crippen LogP contribution >= 0.6 is 0 Å². The Bertz CT molecular complexity index is 354. The molecule has 0 spiro atoms. The number of nitrogens with two attached hydrogens (primary N) is 1. The molecule has 17 heavy (non-hydrogen) atoms. The minimum atomic E-state index is 0.385. The number of hydrogen-bond acceptors (Lipinski definition) is 3. The smallest absolute Gasteiger partial charge is 0.0888 e. The van der Waals surface area contributed by atoms with Gasteiger partial charge in [0.1, 0.15) is 0 Å². The van der Waals surface area contributed by atoms with Crippen molar-refractivity contribution in [3.05, 3.63) is 17.5 Å². The summed E-state index contributed by atoms with van der Waals surface area (Å²) in [5.74, 6) is 0. The first-order valence-electron chi connectivity index (χ1n) is 6.59. The van der Waals surface area contributed by atoms with Gasteiger partial charge in [0.25, 0.3) is 0 Å². The summed E-state index contributed by atoms with van der Waals surface area (Å²) in [4.78, 5) is 0. The van der Waals surface area contributed by atoms with Gasteiger partial charge >= 0.3 is 0 Å². The maximum Gasteiger partial charge on any atom is 0.0888 e. The molecular weight excluding hydrogens is 214 g/mol. The molecule has 96 valence electrons. The summed E-state index contributed by atoms with van der Waals surface area (Å²) in [5, 5.41) is 4.42. The lowest BCUT2D eigenvalue weighted by molar-refractivity contribution is 0.0106.